The summed E-state index contributed by atoms with van der Waals surface area (Å²) in [5.41, 5.74) is 2.90. The van der Waals surface area contributed by atoms with Crippen LogP contribution in [-0.2, 0) is 17.8 Å². The second-order valence-electron chi connectivity index (χ2n) is 4.96. The lowest BCUT2D eigenvalue weighted by Crippen LogP contribution is -2.39. The third kappa shape index (κ3) is 3.98. The minimum absolute atomic E-state index is 0.0436. The Kier molecular flexibility index (Phi) is 5.28. The molecular weight excluding hydrogens is 256 g/mol. The van der Waals surface area contributed by atoms with E-state index in [1.54, 1.807) is 11.8 Å². The lowest BCUT2D eigenvalue weighted by Gasteiger charge is -2.28. The zero-order valence-corrected chi connectivity index (χ0v) is 12.5. The van der Waals surface area contributed by atoms with Gasteiger partial charge in [0.25, 0.3) is 0 Å². The Bertz CT molecular complexity index is 436. The van der Waals surface area contributed by atoms with Gasteiger partial charge in [0.2, 0.25) is 5.91 Å². The van der Waals surface area contributed by atoms with Crippen LogP contribution in [0.15, 0.2) is 24.3 Å². The van der Waals surface area contributed by atoms with E-state index in [4.69, 9.17) is 0 Å². The van der Waals surface area contributed by atoms with Crippen molar-refractivity contribution in [2.45, 2.75) is 25.1 Å². The molecule has 1 amide bonds. The maximum atomic E-state index is 11.7. The van der Waals surface area contributed by atoms with Crippen LogP contribution in [0.3, 0.4) is 0 Å². The van der Waals surface area contributed by atoms with Gasteiger partial charge in [0.05, 0.1) is 5.25 Å². The van der Waals surface area contributed by atoms with E-state index < -0.39 is 0 Å². The molecule has 0 fully saturated rings. The number of benzene rings is 1. The summed E-state index contributed by atoms with van der Waals surface area (Å²) in [5.74, 6) is 0.143. The molecule has 1 atom stereocenters. The summed E-state index contributed by atoms with van der Waals surface area (Å²) < 4.78 is 0. The van der Waals surface area contributed by atoms with E-state index in [2.05, 4.69) is 34.5 Å². The first-order valence-corrected chi connectivity index (χ1v) is 8.09. The van der Waals surface area contributed by atoms with Crippen LogP contribution < -0.4 is 5.32 Å². The lowest BCUT2D eigenvalue weighted by atomic mass is 10.00. The highest BCUT2D eigenvalue weighted by molar-refractivity contribution is 7.99. The average molecular weight is 278 g/mol. The van der Waals surface area contributed by atoms with Crippen LogP contribution in [0, 0.1) is 0 Å². The number of fused-ring (bicyclic) bond motifs is 1. The number of thioether (sulfide) groups is 1. The second kappa shape index (κ2) is 6.96. The average Bonchev–Trinajstić information content (AvgIpc) is 2.46. The number of carbonyl (C=O) groups is 1. The van der Waals surface area contributed by atoms with Crippen molar-refractivity contribution >= 4 is 17.7 Å². The molecule has 2 rings (SSSR count). The van der Waals surface area contributed by atoms with E-state index in [1.807, 2.05) is 13.2 Å². The molecular formula is C15H22N2OS. The molecule has 0 saturated heterocycles. The monoisotopic (exact) mass is 278 g/mol. The Hall–Kier alpha value is -1.00. The molecule has 3 nitrogen and oxygen atoms in total. The highest BCUT2D eigenvalue weighted by Crippen LogP contribution is 2.17. The standard InChI is InChI=1S/C15H22N2OS/c1-12(19-2)15(18)16-8-10-17-9-7-13-5-3-4-6-14(13)11-17/h3-6,12H,7-11H2,1-2H3,(H,16,18)/t12-/m1/s1. The zero-order chi connectivity index (χ0) is 13.7. The number of nitrogens with zero attached hydrogens (tertiary/aromatic N) is 1. The molecule has 0 bridgehead atoms. The molecule has 4 heteroatoms. The number of hydrogen-bond acceptors (Lipinski definition) is 3. The number of nitrogens with one attached hydrogen (secondary N) is 1. The van der Waals surface area contributed by atoms with E-state index in [1.165, 1.54) is 11.1 Å². The predicted octanol–water partition coefficient (Wildman–Crippen LogP) is 1.91. The highest BCUT2D eigenvalue weighted by atomic mass is 32.2. The van der Waals surface area contributed by atoms with Crippen molar-refractivity contribution in [2.24, 2.45) is 0 Å². The SMILES string of the molecule is CS[C@H](C)C(=O)NCCN1CCc2ccccc2C1. The van der Waals surface area contributed by atoms with E-state index in [9.17, 15) is 4.79 Å². The van der Waals surface area contributed by atoms with Gasteiger partial charge in [0.1, 0.15) is 0 Å². The summed E-state index contributed by atoms with van der Waals surface area (Å²) in [6.07, 6.45) is 3.08. The maximum absolute atomic E-state index is 11.7. The van der Waals surface area contributed by atoms with Crippen LogP contribution in [0.4, 0.5) is 0 Å². The number of rotatable bonds is 5. The molecule has 0 aliphatic carbocycles. The van der Waals surface area contributed by atoms with Gasteiger partial charge in [-0.05, 0) is 30.7 Å². The van der Waals surface area contributed by atoms with E-state index in [-0.39, 0.29) is 11.2 Å². The summed E-state index contributed by atoms with van der Waals surface area (Å²) >= 11 is 1.58. The van der Waals surface area contributed by atoms with Gasteiger partial charge in [-0.15, -0.1) is 0 Å². The van der Waals surface area contributed by atoms with Crippen molar-refractivity contribution in [1.82, 2.24) is 10.2 Å². The maximum Gasteiger partial charge on any atom is 0.232 e. The largest absolute Gasteiger partial charge is 0.354 e. The van der Waals surface area contributed by atoms with E-state index in [0.717, 1.165) is 32.6 Å². The van der Waals surface area contributed by atoms with Crippen LogP contribution in [0.2, 0.25) is 0 Å². The van der Waals surface area contributed by atoms with Gasteiger partial charge in [0.15, 0.2) is 0 Å². The first-order chi connectivity index (χ1) is 9.20. The summed E-state index contributed by atoms with van der Waals surface area (Å²) in [6, 6.07) is 8.63. The molecule has 0 aromatic heterocycles. The molecule has 0 saturated carbocycles. The second-order valence-corrected chi connectivity index (χ2v) is 6.14. The van der Waals surface area contributed by atoms with Crippen LogP contribution >= 0.6 is 11.8 Å². The zero-order valence-electron chi connectivity index (χ0n) is 11.7. The van der Waals surface area contributed by atoms with Crippen molar-refractivity contribution in [1.29, 1.82) is 0 Å². The highest BCUT2D eigenvalue weighted by Gasteiger charge is 2.16. The Morgan fingerprint density at radius 3 is 2.89 bits per heavy atom. The Morgan fingerprint density at radius 1 is 1.42 bits per heavy atom. The molecule has 0 spiro atoms. The van der Waals surface area contributed by atoms with Gasteiger partial charge < -0.3 is 5.32 Å². The molecule has 104 valence electrons. The summed E-state index contributed by atoms with van der Waals surface area (Å²) in [4.78, 5) is 14.1. The summed E-state index contributed by atoms with van der Waals surface area (Å²) in [7, 11) is 0. The molecule has 19 heavy (non-hydrogen) atoms. The fraction of sp³-hybridized carbons (Fsp3) is 0.533. The lowest BCUT2D eigenvalue weighted by molar-refractivity contribution is -0.120. The summed E-state index contributed by atoms with van der Waals surface area (Å²) in [6.45, 7) is 5.71. The normalized spacial score (nSPS) is 16.7. The van der Waals surface area contributed by atoms with Gasteiger partial charge in [-0.25, -0.2) is 0 Å². The predicted molar refractivity (Wildman–Crippen MR) is 81.4 cm³/mol. The molecule has 1 aliphatic rings. The van der Waals surface area contributed by atoms with Crippen molar-refractivity contribution in [3.8, 4) is 0 Å². The molecule has 1 aliphatic heterocycles. The first kappa shape index (κ1) is 14.4. The van der Waals surface area contributed by atoms with Gasteiger partial charge in [-0.2, -0.15) is 11.8 Å². The third-order valence-corrected chi connectivity index (χ3v) is 4.58. The summed E-state index contributed by atoms with van der Waals surface area (Å²) in [5, 5.41) is 3.05. The molecule has 0 unspecified atom stereocenters. The Balaban J connectivity index is 1.75. The van der Waals surface area contributed by atoms with Gasteiger partial charge in [-0.1, -0.05) is 24.3 Å². The Labute approximate surface area is 119 Å². The topological polar surface area (TPSA) is 32.3 Å². The fourth-order valence-corrected chi connectivity index (χ4v) is 2.63. The van der Waals surface area contributed by atoms with Crippen molar-refractivity contribution in [3.63, 3.8) is 0 Å². The van der Waals surface area contributed by atoms with Crippen LogP contribution in [0.25, 0.3) is 0 Å². The smallest absolute Gasteiger partial charge is 0.232 e. The molecule has 1 N–H and O–H groups in total. The molecule has 1 heterocycles. The fourth-order valence-electron chi connectivity index (χ4n) is 2.33. The van der Waals surface area contributed by atoms with Crippen molar-refractivity contribution in [2.75, 3.05) is 25.9 Å². The van der Waals surface area contributed by atoms with Gasteiger partial charge >= 0.3 is 0 Å². The minimum Gasteiger partial charge on any atom is -0.354 e. The van der Waals surface area contributed by atoms with Gasteiger partial charge in [-0.3, -0.25) is 9.69 Å². The third-order valence-electron chi connectivity index (χ3n) is 3.66. The van der Waals surface area contributed by atoms with E-state index in [0.29, 0.717) is 0 Å². The number of hydrogen-bond donors (Lipinski definition) is 1. The van der Waals surface area contributed by atoms with Crippen LogP contribution in [0.5, 0.6) is 0 Å². The molecule has 1 aromatic carbocycles. The molecule has 1 aromatic rings. The van der Waals surface area contributed by atoms with Gasteiger partial charge in [0, 0.05) is 26.2 Å². The number of carbonyl (C=O) groups excluding carboxylic acids is 1. The first-order valence-electron chi connectivity index (χ1n) is 6.80. The minimum atomic E-state index is 0.0436. The number of amides is 1. The van der Waals surface area contributed by atoms with Crippen molar-refractivity contribution < 1.29 is 4.79 Å². The quantitative estimate of drug-likeness (QED) is 0.893. The Morgan fingerprint density at radius 2 is 2.16 bits per heavy atom. The van der Waals surface area contributed by atoms with Crippen LogP contribution in [-0.4, -0.2) is 41.9 Å². The van der Waals surface area contributed by atoms with E-state index >= 15 is 0 Å². The van der Waals surface area contributed by atoms with Crippen molar-refractivity contribution in [3.05, 3.63) is 35.4 Å². The van der Waals surface area contributed by atoms with Crippen LogP contribution in [0.1, 0.15) is 18.1 Å². The molecule has 0 radical (unpaired) electrons.